The number of rotatable bonds is 4. The fourth-order valence-electron chi connectivity index (χ4n) is 2.19. The van der Waals surface area contributed by atoms with Crippen molar-refractivity contribution in [3.05, 3.63) is 73.8 Å². The summed E-state index contributed by atoms with van der Waals surface area (Å²) in [4.78, 5) is 0. The molecule has 0 spiro atoms. The molecule has 134 valence electrons. The molecule has 1 aromatic heterocycles. The smallest absolute Gasteiger partial charge is 0.176 e. The van der Waals surface area contributed by atoms with Crippen molar-refractivity contribution in [2.45, 2.75) is 6.54 Å². The standard InChI is InChI=1S/C17H12BrCl3N4S/c18-14-9-25(8-10-1-2-12(20)7-15(10)21)24-16(14)23-17(26)22-13-5-3-11(19)4-6-13/h1-7,9H,8H2,(H2,22,23,24,26). The van der Waals surface area contributed by atoms with E-state index in [9.17, 15) is 0 Å². The van der Waals surface area contributed by atoms with E-state index in [1.807, 2.05) is 24.4 Å². The van der Waals surface area contributed by atoms with Crippen LogP contribution in [-0.2, 0) is 6.54 Å². The van der Waals surface area contributed by atoms with Crippen LogP contribution < -0.4 is 10.6 Å². The molecule has 9 heteroatoms. The van der Waals surface area contributed by atoms with Gasteiger partial charge in [-0.05, 0) is 70.1 Å². The van der Waals surface area contributed by atoms with Crippen LogP contribution >= 0.6 is 63.0 Å². The summed E-state index contributed by atoms with van der Waals surface area (Å²) < 4.78 is 2.54. The molecule has 0 atom stereocenters. The quantitative estimate of drug-likeness (QED) is 0.412. The van der Waals surface area contributed by atoms with Crippen molar-refractivity contribution in [1.29, 1.82) is 0 Å². The minimum Gasteiger partial charge on any atom is -0.332 e. The third-order valence-corrected chi connectivity index (χ3v) is 5.02. The molecule has 2 aromatic carbocycles. The molecule has 0 aliphatic carbocycles. The lowest BCUT2D eigenvalue weighted by atomic mass is 10.2. The topological polar surface area (TPSA) is 41.9 Å². The Morgan fingerprint density at radius 1 is 1.04 bits per heavy atom. The lowest BCUT2D eigenvalue weighted by Gasteiger charge is -2.09. The van der Waals surface area contributed by atoms with E-state index in [0.717, 1.165) is 15.7 Å². The van der Waals surface area contributed by atoms with Crippen LogP contribution in [0.4, 0.5) is 11.5 Å². The van der Waals surface area contributed by atoms with Crippen molar-refractivity contribution in [1.82, 2.24) is 9.78 Å². The lowest BCUT2D eigenvalue weighted by molar-refractivity contribution is 0.690. The summed E-state index contributed by atoms with van der Waals surface area (Å²) in [5.74, 6) is 0.599. The van der Waals surface area contributed by atoms with E-state index in [0.29, 0.717) is 32.5 Å². The zero-order valence-electron chi connectivity index (χ0n) is 13.1. The highest BCUT2D eigenvalue weighted by Gasteiger charge is 2.10. The summed E-state index contributed by atoms with van der Waals surface area (Å²) >= 11 is 26.8. The van der Waals surface area contributed by atoms with Crippen LogP contribution in [0.15, 0.2) is 53.1 Å². The molecule has 26 heavy (non-hydrogen) atoms. The van der Waals surface area contributed by atoms with E-state index in [1.54, 1.807) is 28.9 Å². The monoisotopic (exact) mass is 488 g/mol. The van der Waals surface area contributed by atoms with Crippen LogP contribution in [-0.4, -0.2) is 14.9 Å². The highest BCUT2D eigenvalue weighted by molar-refractivity contribution is 9.10. The summed E-state index contributed by atoms with van der Waals surface area (Å²) in [6.07, 6.45) is 1.85. The number of benzene rings is 2. The highest BCUT2D eigenvalue weighted by Crippen LogP contribution is 2.25. The van der Waals surface area contributed by atoms with Gasteiger partial charge in [-0.15, -0.1) is 0 Å². The first-order valence-corrected chi connectivity index (χ1v) is 9.74. The van der Waals surface area contributed by atoms with E-state index in [1.165, 1.54) is 0 Å². The Morgan fingerprint density at radius 3 is 2.42 bits per heavy atom. The molecule has 0 unspecified atom stereocenters. The average Bonchev–Trinajstić information content (AvgIpc) is 2.92. The summed E-state index contributed by atoms with van der Waals surface area (Å²) in [5.41, 5.74) is 1.75. The maximum absolute atomic E-state index is 6.22. The molecule has 1 heterocycles. The molecule has 0 saturated carbocycles. The summed E-state index contributed by atoms with van der Waals surface area (Å²) in [6, 6.07) is 12.6. The SMILES string of the molecule is S=C(Nc1ccc(Cl)cc1)Nc1nn(Cc2ccc(Cl)cc2Cl)cc1Br. The Labute approximate surface area is 179 Å². The molecule has 0 amide bonds. The maximum atomic E-state index is 6.22. The van der Waals surface area contributed by atoms with Crippen LogP contribution in [0.1, 0.15) is 5.56 Å². The lowest BCUT2D eigenvalue weighted by Crippen LogP contribution is -2.19. The van der Waals surface area contributed by atoms with Gasteiger partial charge in [0.15, 0.2) is 10.9 Å². The summed E-state index contributed by atoms with van der Waals surface area (Å²) in [7, 11) is 0. The van der Waals surface area contributed by atoms with Gasteiger partial charge < -0.3 is 10.6 Å². The molecule has 0 radical (unpaired) electrons. The van der Waals surface area contributed by atoms with Crippen LogP contribution in [0, 0.1) is 0 Å². The second-order valence-electron chi connectivity index (χ2n) is 5.34. The second kappa shape index (κ2) is 8.59. The van der Waals surface area contributed by atoms with Crippen molar-refractivity contribution in [3.8, 4) is 0 Å². The second-order valence-corrected chi connectivity index (χ2v) is 7.89. The van der Waals surface area contributed by atoms with Crippen molar-refractivity contribution < 1.29 is 0 Å². The van der Waals surface area contributed by atoms with Crippen molar-refractivity contribution in [2.75, 3.05) is 10.6 Å². The normalized spacial score (nSPS) is 10.6. The fourth-order valence-corrected chi connectivity index (χ4v) is 3.41. The molecule has 0 bridgehead atoms. The molecule has 4 nitrogen and oxygen atoms in total. The van der Waals surface area contributed by atoms with Gasteiger partial charge in [0.2, 0.25) is 0 Å². The molecule has 0 aliphatic rings. The average molecular weight is 491 g/mol. The fraction of sp³-hybridized carbons (Fsp3) is 0.0588. The largest absolute Gasteiger partial charge is 0.332 e. The van der Waals surface area contributed by atoms with Crippen molar-refractivity contribution in [3.63, 3.8) is 0 Å². The van der Waals surface area contributed by atoms with Gasteiger partial charge in [0.1, 0.15) is 0 Å². The highest BCUT2D eigenvalue weighted by atomic mass is 79.9. The molecule has 0 saturated heterocycles. The zero-order valence-corrected chi connectivity index (χ0v) is 17.8. The third kappa shape index (κ3) is 5.11. The van der Waals surface area contributed by atoms with Crippen LogP contribution in [0.25, 0.3) is 0 Å². The van der Waals surface area contributed by atoms with E-state index in [4.69, 9.17) is 47.0 Å². The van der Waals surface area contributed by atoms with E-state index >= 15 is 0 Å². The Kier molecular flexibility index (Phi) is 6.42. The Hall–Kier alpha value is -1.31. The number of halogens is 4. The molecular weight excluding hydrogens is 479 g/mol. The molecule has 3 rings (SSSR count). The van der Waals surface area contributed by atoms with Gasteiger partial charge in [0.25, 0.3) is 0 Å². The van der Waals surface area contributed by atoms with Gasteiger partial charge >= 0.3 is 0 Å². The first-order chi connectivity index (χ1) is 12.4. The predicted molar refractivity (Wildman–Crippen MR) is 117 cm³/mol. The minimum absolute atomic E-state index is 0.419. The number of hydrogen-bond donors (Lipinski definition) is 2. The van der Waals surface area contributed by atoms with Crippen molar-refractivity contribution in [2.24, 2.45) is 0 Å². The molecule has 3 aromatic rings. The Balaban J connectivity index is 1.67. The van der Waals surface area contributed by atoms with Gasteiger partial charge in [0.05, 0.1) is 11.0 Å². The van der Waals surface area contributed by atoms with Crippen LogP contribution in [0.3, 0.4) is 0 Å². The van der Waals surface area contributed by atoms with Gasteiger partial charge in [-0.2, -0.15) is 5.10 Å². The van der Waals surface area contributed by atoms with E-state index < -0.39 is 0 Å². The number of anilines is 2. The van der Waals surface area contributed by atoms with Crippen LogP contribution in [0.5, 0.6) is 0 Å². The van der Waals surface area contributed by atoms with Gasteiger partial charge in [-0.25, -0.2) is 0 Å². The zero-order chi connectivity index (χ0) is 18.7. The molecular formula is C17H12BrCl3N4S. The van der Waals surface area contributed by atoms with E-state index in [-0.39, 0.29) is 0 Å². The number of hydrogen-bond acceptors (Lipinski definition) is 2. The molecule has 2 N–H and O–H groups in total. The van der Waals surface area contributed by atoms with Gasteiger partial charge in [-0.1, -0.05) is 40.9 Å². The summed E-state index contributed by atoms with van der Waals surface area (Å²) in [5, 5.41) is 12.9. The number of aromatic nitrogens is 2. The number of thiocarbonyl (C=S) groups is 1. The Bertz CT molecular complexity index is 944. The third-order valence-electron chi connectivity index (χ3n) is 3.40. The minimum atomic E-state index is 0.419. The van der Waals surface area contributed by atoms with Gasteiger partial charge in [0, 0.05) is 27.0 Å². The number of nitrogens with zero attached hydrogens (tertiary/aromatic N) is 2. The summed E-state index contributed by atoms with van der Waals surface area (Å²) in [6.45, 7) is 0.508. The Morgan fingerprint density at radius 2 is 1.73 bits per heavy atom. The van der Waals surface area contributed by atoms with E-state index in [2.05, 4.69) is 31.7 Å². The first-order valence-electron chi connectivity index (χ1n) is 7.41. The molecule has 0 fully saturated rings. The first kappa shape index (κ1) is 19.5. The molecule has 0 aliphatic heterocycles. The van der Waals surface area contributed by atoms with Crippen molar-refractivity contribution >= 4 is 79.6 Å². The maximum Gasteiger partial charge on any atom is 0.176 e. The number of nitrogens with one attached hydrogen (secondary N) is 2. The van der Waals surface area contributed by atoms with Crippen LogP contribution in [0.2, 0.25) is 15.1 Å². The predicted octanol–water partition coefficient (Wildman–Crippen LogP) is 6.46. The van der Waals surface area contributed by atoms with Gasteiger partial charge in [-0.3, -0.25) is 4.68 Å².